The molecule has 7 heteroatoms. The van der Waals surface area contributed by atoms with Gasteiger partial charge in [0.1, 0.15) is 11.5 Å². The number of anilines is 2. The number of nitrogens with zero attached hydrogens (tertiary/aromatic N) is 2. The number of benzene rings is 2. The molecule has 0 aromatic heterocycles. The fraction of sp³-hybridized carbons (Fsp3) is 0.500. The zero-order valence-electron chi connectivity index (χ0n) is 17.9. The minimum Gasteiger partial charge on any atom is -0.457 e. The Kier molecular flexibility index (Phi) is 6.00. The molecule has 0 radical (unpaired) electrons. The van der Waals surface area contributed by atoms with Crippen molar-refractivity contribution in [2.45, 2.75) is 31.3 Å². The summed E-state index contributed by atoms with van der Waals surface area (Å²) < 4.78 is 22.2. The lowest BCUT2D eigenvalue weighted by Crippen LogP contribution is -2.34. The summed E-state index contributed by atoms with van der Waals surface area (Å²) in [5.41, 5.74) is 2.21. The van der Waals surface area contributed by atoms with Crippen LogP contribution in [0.25, 0.3) is 0 Å². The van der Waals surface area contributed by atoms with Crippen LogP contribution in [0.1, 0.15) is 6.92 Å². The molecule has 7 nitrogen and oxygen atoms in total. The molecule has 3 heterocycles. The van der Waals surface area contributed by atoms with E-state index in [1.807, 2.05) is 36.4 Å². The molecule has 31 heavy (non-hydrogen) atoms. The second-order valence-corrected chi connectivity index (χ2v) is 8.61. The van der Waals surface area contributed by atoms with Crippen LogP contribution in [0.2, 0.25) is 0 Å². The molecule has 3 aliphatic rings. The Balaban J connectivity index is 1.21. The molecule has 166 valence electrons. The van der Waals surface area contributed by atoms with E-state index < -0.39 is 6.10 Å². The maximum absolute atomic E-state index is 9.81. The summed E-state index contributed by atoms with van der Waals surface area (Å²) in [4.78, 5) is 4.48. The second-order valence-electron chi connectivity index (χ2n) is 8.61. The van der Waals surface area contributed by atoms with E-state index in [1.165, 1.54) is 0 Å². The van der Waals surface area contributed by atoms with Crippen molar-refractivity contribution in [1.82, 2.24) is 0 Å². The van der Waals surface area contributed by atoms with Crippen molar-refractivity contribution in [2.75, 3.05) is 55.8 Å². The van der Waals surface area contributed by atoms with Gasteiger partial charge in [0, 0.05) is 37.6 Å². The second kappa shape index (κ2) is 9.04. The third-order valence-electron chi connectivity index (χ3n) is 5.60. The van der Waals surface area contributed by atoms with Crippen LogP contribution in [0.4, 0.5) is 11.4 Å². The number of aliphatic hydroxyl groups excluding tert-OH is 1. The van der Waals surface area contributed by atoms with Gasteiger partial charge < -0.3 is 33.9 Å². The summed E-state index contributed by atoms with van der Waals surface area (Å²) in [5.74, 6) is 1.58. The molecule has 4 unspecified atom stereocenters. The molecular formula is C24H30N2O5. The van der Waals surface area contributed by atoms with Gasteiger partial charge in [-0.2, -0.15) is 0 Å². The summed E-state index contributed by atoms with van der Waals surface area (Å²) in [6, 6.07) is 16.2. The van der Waals surface area contributed by atoms with Gasteiger partial charge in [0.05, 0.1) is 44.2 Å². The molecule has 2 aromatic carbocycles. The van der Waals surface area contributed by atoms with E-state index in [0.29, 0.717) is 18.8 Å². The van der Waals surface area contributed by atoms with Crippen LogP contribution >= 0.6 is 0 Å². The first-order chi connectivity index (χ1) is 15.1. The molecule has 5 rings (SSSR count). The Morgan fingerprint density at radius 3 is 1.55 bits per heavy atom. The standard InChI is InChI=1S/C24H30N2O5/c1-17(27)10-25(11-22-14-28-22)18-2-6-20(7-3-18)31-21-8-4-19(5-9-21)26(12-23-15-29-23)13-24-16-30-24/h2-9,17,22-24,27H,10-16H2,1H3. The van der Waals surface area contributed by atoms with Gasteiger partial charge in [-0.05, 0) is 55.5 Å². The van der Waals surface area contributed by atoms with Gasteiger partial charge >= 0.3 is 0 Å². The van der Waals surface area contributed by atoms with Crippen LogP contribution in [-0.4, -0.2) is 75.5 Å². The molecule has 1 N–H and O–H groups in total. The highest BCUT2D eigenvalue weighted by molar-refractivity contribution is 5.52. The topological polar surface area (TPSA) is 73.5 Å². The number of rotatable bonds is 12. The summed E-state index contributed by atoms with van der Waals surface area (Å²) >= 11 is 0. The van der Waals surface area contributed by atoms with Gasteiger partial charge in [-0.25, -0.2) is 0 Å². The smallest absolute Gasteiger partial charge is 0.127 e. The highest BCUT2D eigenvalue weighted by Gasteiger charge is 2.31. The van der Waals surface area contributed by atoms with Gasteiger partial charge in [0.15, 0.2) is 0 Å². The fourth-order valence-electron chi connectivity index (χ4n) is 3.73. The average molecular weight is 427 g/mol. The van der Waals surface area contributed by atoms with Crippen molar-refractivity contribution in [3.63, 3.8) is 0 Å². The summed E-state index contributed by atoms with van der Waals surface area (Å²) in [6.07, 6.45) is 0.553. The van der Waals surface area contributed by atoms with Crippen molar-refractivity contribution in [3.8, 4) is 11.5 Å². The Morgan fingerprint density at radius 2 is 1.16 bits per heavy atom. The number of aliphatic hydroxyl groups is 1. The van der Waals surface area contributed by atoms with Crippen LogP contribution in [-0.2, 0) is 14.2 Å². The third kappa shape index (κ3) is 6.11. The monoisotopic (exact) mass is 426 g/mol. The molecule has 3 saturated heterocycles. The largest absolute Gasteiger partial charge is 0.457 e. The van der Waals surface area contributed by atoms with Crippen LogP contribution in [0, 0.1) is 0 Å². The van der Waals surface area contributed by atoms with Gasteiger partial charge in [0.2, 0.25) is 0 Å². The Labute approximate surface area is 183 Å². The lowest BCUT2D eigenvalue weighted by molar-refractivity contribution is 0.199. The van der Waals surface area contributed by atoms with Gasteiger partial charge in [-0.1, -0.05) is 0 Å². The quantitative estimate of drug-likeness (QED) is 0.523. The number of epoxide rings is 3. The predicted molar refractivity (Wildman–Crippen MR) is 118 cm³/mol. The molecule has 4 atom stereocenters. The minimum atomic E-state index is -0.397. The van der Waals surface area contributed by atoms with Gasteiger partial charge in [-0.15, -0.1) is 0 Å². The van der Waals surface area contributed by atoms with E-state index in [4.69, 9.17) is 18.9 Å². The summed E-state index contributed by atoms with van der Waals surface area (Å²) in [6.45, 7) is 7.47. The molecule has 0 bridgehead atoms. The predicted octanol–water partition coefficient (Wildman–Crippen LogP) is 2.67. The molecule has 0 spiro atoms. The Hall–Kier alpha value is -2.32. The van der Waals surface area contributed by atoms with Crippen LogP contribution in [0.5, 0.6) is 11.5 Å². The van der Waals surface area contributed by atoms with Gasteiger partial charge in [-0.3, -0.25) is 0 Å². The number of hydrogen-bond acceptors (Lipinski definition) is 7. The Bertz CT molecular complexity index is 760. The highest BCUT2D eigenvalue weighted by atomic mass is 16.6. The molecule has 3 fully saturated rings. The zero-order chi connectivity index (χ0) is 21.2. The molecular weight excluding hydrogens is 396 g/mol. The van der Waals surface area contributed by atoms with Crippen molar-refractivity contribution < 1.29 is 24.1 Å². The summed E-state index contributed by atoms with van der Waals surface area (Å²) in [7, 11) is 0. The SMILES string of the molecule is CC(O)CN(CC1CO1)c1ccc(Oc2ccc(N(CC3CO3)CC3CO3)cc2)cc1. The van der Waals surface area contributed by atoms with Crippen molar-refractivity contribution >= 4 is 11.4 Å². The van der Waals surface area contributed by atoms with E-state index in [0.717, 1.165) is 62.3 Å². The van der Waals surface area contributed by atoms with Crippen molar-refractivity contribution in [1.29, 1.82) is 0 Å². The third-order valence-corrected chi connectivity index (χ3v) is 5.60. The normalized spacial score (nSPS) is 24.4. The van der Waals surface area contributed by atoms with Crippen molar-refractivity contribution in [2.24, 2.45) is 0 Å². The lowest BCUT2D eigenvalue weighted by atomic mass is 10.2. The fourth-order valence-corrected chi connectivity index (χ4v) is 3.73. The molecule has 0 saturated carbocycles. The minimum absolute atomic E-state index is 0.269. The molecule has 2 aromatic rings. The lowest BCUT2D eigenvalue weighted by Gasteiger charge is -2.25. The average Bonchev–Trinajstić information content (AvgIpc) is 3.59. The molecule has 0 aliphatic carbocycles. The maximum atomic E-state index is 9.81. The van der Waals surface area contributed by atoms with E-state index in [2.05, 4.69) is 21.9 Å². The van der Waals surface area contributed by atoms with E-state index in [9.17, 15) is 5.11 Å². The molecule has 3 aliphatic heterocycles. The Morgan fingerprint density at radius 1 is 0.774 bits per heavy atom. The number of hydrogen-bond donors (Lipinski definition) is 1. The summed E-state index contributed by atoms with van der Waals surface area (Å²) in [5, 5.41) is 9.81. The number of ether oxygens (including phenoxy) is 4. The first-order valence-electron chi connectivity index (χ1n) is 11.0. The van der Waals surface area contributed by atoms with Crippen molar-refractivity contribution in [3.05, 3.63) is 48.5 Å². The van der Waals surface area contributed by atoms with Crippen LogP contribution in [0.3, 0.4) is 0 Å². The van der Waals surface area contributed by atoms with E-state index in [1.54, 1.807) is 6.92 Å². The van der Waals surface area contributed by atoms with E-state index >= 15 is 0 Å². The first-order valence-corrected chi connectivity index (χ1v) is 11.0. The van der Waals surface area contributed by atoms with Crippen LogP contribution < -0.4 is 14.5 Å². The van der Waals surface area contributed by atoms with Gasteiger partial charge in [0.25, 0.3) is 0 Å². The van der Waals surface area contributed by atoms with E-state index in [-0.39, 0.29) is 6.10 Å². The maximum Gasteiger partial charge on any atom is 0.127 e. The zero-order valence-corrected chi connectivity index (χ0v) is 17.9. The van der Waals surface area contributed by atoms with Crippen LogP contribution in [0.15, 0.2) is 48.5 Å². The highest BCUT2D eigenvalue weighted by Crippen LogP contribution is 2.29. The molecule has 0 amide bonds. The first kappa shape index (κ1) is 20.6.